The van der Waals surface area contributed by atoms with Gasteiger partial charge in [-0.1, -0.05) is 28.1 Å². The second-order valence-corrected chi connectivity index (χ2v) is 7.77. The third kappa shape index (κ3) is 2.35. The Bertz CT molecular complexity index is 860. The van der Waals surface area contributed by atoms with Gasteiger partial charge in [-0.05, 0) is 24.1 Å². The Hall–Kier alpha value is -2.37. The summed E-state index contributed by atoms with van der Waals surface area (Å²) in [4.78, 5) is 24.7. The molecule has 4 atom stereocenters. The summed E-state index contributed by atoms with van der Waals surface area (Å²) >= 11 is 3.42. The third-order valence-electron chi connectivity index (χ3n) is 5.66. The maximum Gasteiger partial charge on any atom is 0.321 e. The van der Waals surface area contributed by atoms with Gasteiger partial charge in [0.25, 0.3) is 0 Å². The first-order chi connectivity index (χ1) is 12.5. The normalized spacial score (nSPS) is 33.5. The van der Waals surface area contributed by atoms with Crippen LogP contribution in [0, 0.1) is 23.2 Å². The summed E-state index contributed by atoms with van der Waals surface area (Å²) < 4.78 is 6.61. The summed E-state index contributed by atoms with van der Waals surface area (Å²) in [6, 6.07) is 9.32. The van der Waals surface area contributed by atoms with Crippen molar-refractivity contribution in [3.63, 3.8) is 0 Å². The lowest BCUT2D eigenvalue weighted by atomic mass is 9.57. The van der Waals surface area contributed by atoms with Crippen LogP contribution in [-0.2, 0) is 9.53 Å². The molecule has 3 aliphatic rings. The van der Waals surface area contributed by atoms with Gasteiger partial charge in [0.2, 0.25) is 5.91 Å². The van der Waals surface area contributed by atoms with E-state index < -0.39 is 23.4 Å². The first kappa shape index (κ1) is 17.1. The molecule has 2 aliphatic heterocycles. The molecule has 1 aromatic carbocycles. The second kappa shape index (κ2) is 6.11. The minimum Gasteiger partial charge on any atom is -0.400 e. The minimum absolute atomic E-state index is 0.232. The molecular weight excluding hydrogens is 400 g/mol. The number of halogens is 1. The number of hydrogen-bond acceptors (Lipinski definition) is 5. The van der Waals surface area contributed by atoms with E-state index in [1.807, 2.05) is 24.3 Å². The van der Waals surface area contributed by atoms with Gasteiger partial charge >= 0.3 is 6.03 Å². The minimum atomic E-state index is -0.847. The van der Waals surface area contributed by atoms with Crippen molar-refractivity contribution in [3.05, 3.63) is 45.6 Å². The van der Waals surface area contributed by atoms with E-state index in [1.165, 1.54) is 0 Å². The molecule has 134 valence electrons. The zero-order valence-electron chi connectivity index (χ0n) is 13.8. The molecule has 1 spiro atoms. The summed E-state index contributed by atoms with van der Waals surface area (Å²) in [7, 11) is 0. The quantitative estimate of drug-likeness (QED) is 0.641. The molecule has 2 saturated heterocycles. The van der Waals surface area contributed by atoms with Crippen LogP contribution in [0.15, 0.2) is 40.0 Å². The average molecular weight is 417 g/mol. The van der Waals surface area contributed by atoms with Crippen LogP contribution in [0.5, 0.6) is 0 Å². The van der Waals surface area contributed by atoms with E-state index in [-0.39, 0.29) is 17.5 Å². The number of urea groups is 1. The highest BCUT2D eigenvalue weighted by Gasteiger charge is 2.61. The number of hydrogen-bond donors (Lipinski definition) is 3. The van der Waals surface area contributed by atoms with Gasteiger partial charge in [0, 0.05) is 28.6 Å². The summed E-state index contributed by atoms with van der Waals surface area (Å²) in [5.74, 6) is -1.84. The van der Waals surface area contributed by atoms with E-state index in [0.717, 1.165) is 10.0 Å². The molecule has 4 N–H and O–H groups in total. The van der Waals surface area contributed by atoms with E-state index in [4.69, 9.17) is 10.5 Å². The van der Waals surface area contributed by atoms with E-state index in [1.54, 1.807) is 0 Å². The summed E-state index contributed by atoms with van der Waals surface area (Å²) in [5.41, 5.74) is 6.99. The number of nitrogens with one attached hydrogen (secondary N) is 2. The lowest BCUT2D eigenvalue weighted by Crippen LogP contribution is -2.74. The van der Waals surface area contributed by atoms with E-state index in [9.17, 15) is 14.9 Å². The van der Waals surface area contributed by atoms with Crippen molar-refractivity contribution in [1.29, 1.82) is 5.26 Å². The van der Waals surface area contributed by atoms with Gasteiger partial charge in [-0.2, -0.15) is 5.26 Å². The van der Waals surface area contributed by atoms with Gasteiger partial charge in [0.15, 0.2) is 0 Å². The average Bonchev–Trinajstić information content (AvgIpc) is 2.60. The number of carbonyl (C=O) groups is 2. The summed E-state index contributed by atoms with van der Waals surface area (Å²) in [6.07, 6.45) is 0.466. The molecule has 2 fully saturated rings. The van der Waals surface area contributed by atoms with Crippen LogP contribution in [0.1, 0.15) is 17.9 Å². The standard InChI is InChI=1S/C18H17BrN4O3/c19-10-3-1-9(2-4-10)13-11(7-20)15(21)14-16(24)22-17(25)23-18(14)5-6-26-8-12(13)18/h1-4,12-14H,5-6,8,21H2,(H2,22,23,24,25)/t12-,13+,14-,18-/m0/s1. The number of rotatable bonds is 1. The molecule has 7 nitrogen and oxygen atoms in total. The van der Waals surface area contributed by atoms with Gasteiger partial charge in [-0.3, -0.25) is 10.1 Å². The van der Waals surface area contributed by atoms with Gasteiger partial charge in [0.1, 0.15) is 5.92 Å². The Morgan fingerprint density at radius 1 is 1.31 bits per heavy atom. The molecule has 26 heavy (non-hydrogen) atoms. The van der Waals surface area contributed by atoms with Gasteiger partial charge < -0.3 is 15.8 Å². The highest BCUT2D eigenvalue weighted by Crippen LogP contribution is 2.52. The van der Waals surface area contributed by atoms with E-state index >= 15 is 0 Å². The molecule has 1 aromatic rings. The third-order valence-corrected chi connectivity index (χ3v) is 6.19. The monoisotopic (exact) mass is 416 g/mol. The van der Waals surface area contributed by atoms with Crippen LogP contribution < -0.4 is 16.4 Å². The molecule has 1 aliphatic carbocycles. The van der Waals surface area contributed by atoms with Crippen LogP contribution in [0.4, 0.5) is 4.79 Å². The molecule has 3 amide bonds. The number of benzene rings is 1. The molecule has 0 aromatic heterocycles. The largest absolute Gasteiger partial charge is 0.400 e. The van der Waals surface area contributed by atoms with Crippen molar-refractivity contribution in [3.8, 4) is 6.07 Å². The van der Waals surface area contributed by atoms with Crippen LogP contribution >= 0.6 is 15.9 Å². The molecule has 0 bridgehead atoms. The first-order valence-corrected chi connectivity index (χ1v) is 9.13. The SMILES string of the molecule is N#CC1=C(N)[C@H]2C(=O)NC(=O)N[C@]23CCOC[C@H]3[C@@H]1c1ccc(Br)cc1. The van der Waals surface area contributed by atoms with Crippen LogP contribution in [-0.4, -0.2) is 30.7 Å². The van der Waals surface area contributed by atoms with Gasteiger partial charge in [-0.15, -0.1) is 0 Å². The van der Waals surface area contributed by atoms with Crippen molar-refractivity contribution in [2.75, 3.05) is 13.2 Å². The Balaban J connectivity index is 1.94. The molecule has 0 saturated carbocycles. The fourth-order valence-corrected chi connectivity index (χ4v) is 4.85. The van der Waals surface area contributed by atoms with Gasteiger partial charge in [0.05, 0.1) is 23.8 Å². The van der Waals surface area contributed by atoms with E-state index in [0.29, 0.717) is 25.2 Å². The summed E-state index contributed by atoms with van der Waals surface area (Å²) in [5, 5.41) is 15.1. The van der Waals surface area contributed by atoms with Crippen molar-refractivity contribution >= 4 is 27.9 Å². The highest BCUT2D eigenvalue weighted by atomic mass is 79.9. The molecule has 2 heterocycles. The lowest BCUT2D eigenvalue weighted by molar-refractivity contribution is -0.132. The van der Waals surface area contributed by atoms with Crippen molar-refractivity contribution in [2.24, 2.45) is 17.6 Å². The smallest absolute Gasteiger partial charge is 0.321 e. The topological polar surface area (TPSA) is 117 Å². The Labute approximate surface area is 158 Å². The lowest BCUT2D eigenvalue weighted by Gasteiger charge is -2.55. The second-order valence-electron chi connectivity index (χ2n) is 6.86. The van der Waals surface area contributed by atoms with Crippen LogP contribution in [0.3, 0.4) is 0 Å². The number of nitriles is 1. The number of amides is 3. The molecule has 8 heteroatoms. The predicted molar refractivity (Wildman–Crippen MR) is 95.5 cm³/mol. The Morgan fingerprint density at radius 2 is 2.04 bits per heavy atom. The maximum absolute atomic E-state index is 12.6. The van der Waals surface area contributed by atoms with Crippen molar-refractivity contribution in [2.45, 2.75) is 17.9 Å². The number of allylic oxidation sites excluding steroid dienone is 1. The number of imide groups is 1. The highest BCUT2D eigenvalue weighted by molar-refractivity contribution is 9.10. The molecule has 4 rings (SSSR count). The Kier molecular flexibility index (Phi) is 4.01. The fraction of sp³-hybridized carbons (Fsp3) is 0.389. The van der Waals surface area contributed by atoms with Crippen molar-refractivity contribution < 1.29 is 14.3 Å². The number of nitrogens with zero attached hydrogens (tertiary/aromatic N) is 1. The maximum atomic E-state index is 12.6. The van der Waals surface area contributed by atoms with Crippen molar-refractivity contribution in [1.82, 2.24) is 10.6 Å². The number of ether oxygens (including phenoxy) is 1. The zero-order chi connectivity index (χ0) is 18.5. The van der Waals surface area contributed by atoms with E-state index in [2.05, 4.69) is 32.6 Å². The Morgan fingerprint density at radius 3 is 2.73 bits per heavy atom. The number of carbonyl (C=O) groups excluding carboxylic acids is 2. The molecule has 0 unspecified atom stereocenters. The van der Waals surface area contributed by atoms with Crippen LogP contribution in [0.2, 0.25) is 0 Å². The predicted octanol–water partition coefficient (Wildman–Crippen LogP) is 1.51. The molecule has 0 radical (unpaired) electrons. The van der Waals surface area contributed by atoms with Gasteiger partial charge in [-0.25, -0.2) is 4.79 Å². The zero-order valence-corrected chi connectivity index (χ0v) is 15.4. The molecular formula is C18H17BrN4O3. The van der Waals surface area contributed by atoms with Crippen LogP contribution in [0.25, 0.3) is 0 Å². The summed E-state index contributed by atoms with van der Waals surface area (Å²) in [6.45, 7) is 0.756. The first-order valence-electron chi connectivity index (χ1n) is 8.34. The fourth-order valence-electron chi connectivity index (χ4n) is 4.58. The number of nitrogens with two attached hydrogens (primary N) is 1.